The molecule has 1 aliphatic rings. The van der Waals surface area contributed by atoms with Crippen molar-refractivity contribution in [2.24, 2.45) is 11.7 Å². The van der Waals surface area contributed by atoms with Crippen molar-refractivity contribution in [2.75, 3.05) is 31.7 Å². The van der Waals surface area contributed by atoms with E-state index >= 15 is 0 Å². The first-order valence-corrected chi connectivity index (χ1v) is 6.67. The SMILES string of the molecule is CC(N)c1ccnc(N(C)CC2CCOCC2)c1. The first-order chi connectivity index (χ1) is 8.66. The van der Waals surface area contributed by atoms with E-state index in [-0.39, 0.29) is 6.04 Å². The van der Waals surface area contributed by atoms with Gasteiger partial charge in [0.15, 0.2) is 0 Å². The van der Waals surface area contributed by atoms with Crippen molar-refractivity contribution in [1.29, 1.82) is 0 Å². The maximum Gasteiger partial charge on any atom is 0.128 e. The van der Waals surface area contributed by atoms with Crippen molar-refractivity contribution in [3.8, 4) is 0 Å². The van der Waals surface area contributed by atoms with Crippen LogP contribution >= 0.6 is 0 Å². The molecule has 18 heavy (non-hydrogen) atoms. The minimum atomic E-state index is 0.0585. The van der Waals surface area contributed by atoms with E-state index in [1.165, 1.54) is 0 Å². The summed E-state index contributed by atoms with van der Waals surface area (Å²) in [6.07, 6.45) is 4.14. The van der Waals surface area contributed by atoms with E-state index in [1.54, 1.807) is 0 Å². The molecule has 2 N–H and O–H groups in total. The van der Waals surface area contributed by atoms with Crippen LogP contribution in [0.2, 0.25) is 0 Å². The van der Waals surface area contributed by atoms with E-state index in [4.69, 9.17) is 10.5 Å². The molecule has 0 spiro atoms. The zero-order chi connectivity index (χ0) is 13.0. The van der Waals surface area contributed by atoms with Gasteiger partial charge in [-0.2, -0.15) is 0 Å². The lowest BCUT2D eigenvalue weighted by atomic mass is 10.00. The van der Waals surface area contributed by atoms with Gasteiger partial charge in [0.1, 0.15) is 5.82 Å². The number of rotatable bonds is 4. The highest BCUT2D eigenvalue weighted by Crippen LogP contribution is 2.20. The standard InChI is InChI=1S/C14H23N3O/c1-11(15)13-3-6-16-14(9-13)17(2)10-12-4-7-18-8-5-12/h3,6,9,11-12H,4-5,7-8,10,15H2,1-2H3. The van der Waals surface area contributed by atoms with Crippen LogP contribution in [-0.2, 0) is 4.74 Å². The van der Waals surface area contributed by atoms with Gasteiger partial charge in [-0.1, -0.05) is 0 Å². The number of nitrogens with two attached hydrogens (primary N) is 1. The third-order valence-corrected chi connectivity index (χ3v) is 3.56. The van der Waals surface area contributed by atoms with Gasteiger partial charge in [0.05, 0.1) is 0 Å². The van der Waals surface area contributed by atoms with Crippen molar-refractivity contribution >= 4 is 5.82 Å². The van der Waals surface area contributed by atoms with Gasteiger partial charge < -0.3 is 15.4 Å². The molecule has 0 aromatic carbocycles. The zero-order valence-electron chi connectivity index (χ0n) is 11.3. The summed E-state index contributed by atoms with van der Waals surface area (Å²) in [6, 6.07) is 4.13. The number of ether oxygens (including phenoxy) is 1. The average Bonchev–Trinajstić information content (AvgIpc) is 2.40. The molecule has 0 radical (unpaired) electrons. The lowest BCUT2D eigenvalue weighted by Crippen LogP contribution is -2.30. The molecule has 0 saturated carbocycles. The number of hydrogen-bond donors (Lipinski definition) is 1. The maximum atomic E-state index is 5.90. The molecular formula is C14H23N3O. The van der Waals surface area contributed by atoms with Crippen LogP contribution in [-0.4, -0.2) is 31.8 Å². The molecule has 2 heterocycles. The molecule has 4 heteroatoms. The first-order valence-electron chi connectivity index (χ1n) is 6.67. The molecule has 100 valence electrons. The molecule has 1 aliphatic heterocycles. The lowest BCUT2D eigenvalue weighted by molar-refractivity contribution is 0.0685. The van der Waals surface area contributed by atoms with E-state index in [1.807, 2.05) is 19.2 Å². The number of anilines is 1. The van der Waals surface area contributed by atoms with Gasteiger partial charge in [-0.3, -0.25) is 0 Å². The Morgan fingerprint density at radius 2 is 2.22 bits per heavy atom. The van der Waals surface area contributed by atoms with Crippen LogP contribution < -0.4 is 10.6 Å². The molecule has 1 atom stereocenters. The topological polar surface area (TPSA) is 51.4 Å². The molecular weight excluding hydrogens is 226 g/mol. The van der Waals surface area contributed by atoms with E-state index in [9.17, 15) is 0 Å². The van der Waals surface area contributed by atoms with Crippen LogP contribution in [0.15, 0.2) is 18.3 Å². The molecule has 1 unspecified atom stereocenters. The van der Waals surface area contributed by atoms with Crippen molar-refractivity contribution in [2.45, 2.75) is 25.8 Å². The Balaban J connectivity index is 1.99. The molecule has 1 fully saturated rings. The molecule has 1 aromatic heterocycles. The van der Waals surface area contributed by atoms with Crippen LogP contribution in [0.3, 0.4) is 0 Å². The molecule has 1 saturated heterocycles. The minimum Gasteiger partial charge on any atom is -0.381 e. The second-order valence-corrected chi connectivity index (χ2v) is 5.17. The summed E-state index contributed by atoms with van der Waals surface area (Å²) in [5.74, 6) is 1.72. The lowest BCUT2D eigenvalue weighted by Gasteiger charge is -2.28. The Hall–Kier alpha value is -1.13. The fourth-order valence-electron chi connectivity index (χ4n) is 2.34. The van der Waals surface area contributed by atoms with Crippen molar-refractivity contribution in [3.05, 3.63) is 23.9 Å². The highest BCUT2D eigenvalue weighted by atomic mass is 16.5. The van der Waals surface area contributed by atoms with E-state index < -0.39 is 0 Å². The van der Waals surface area contributed by atoms with Crippen molar-refractivity contribution in [1.82, 2.24) is 4.98 Å². The quantitative estimate of drug-likeness (QED) is 0.886. The number of pyridine rings is 1. The second kappa shape index (κ2) is 6.16. The second-order valence-electron chi connectivity index (χ2n) is 5.17. The summed E-state index contributed by atoms with van der Waals surface area (Å²) in [5, 5.41) is 0. The monoisotopic (exact) mass is 249 g/mol. The Kier molecular flexibility index (Phi) is 4.55. The van der Waals surface area contributed by atoms with Crippen LogP contribution in [0.5, 0.6) is 0 Å². The van der Waals surface area contributed by atoms with E-state index in [0.717, 1.165) is 44.0 Å². The smallest absolute Gasteiger partial charge is 0.128 e. The highest BCUT2D eigenvalue weighted by Gasteiger charge is 2.16. The molecule has 0 bridgehead atoms. The van der Waals surface area contributed by atoms with Crippen LogP contribution in [0.1, 0.15) is 31.4 Å². The summed E-state index contributed by atoms with van der Waals surface area (Å²) in [4.78, 5) is 6.65. The Morgan fingerprint density at radius 1 is 1.50 bits per heavy atom. The average molecular weight is 249 g/mol. The largest absolute Gasteiger partial charge is 0.381 e. The maximum absolute atomic E-state index is 5.90. The van der Waals surface area contributed by atoms with Gasteiger partial charge in [0.2, 0.25) is 0 Å². The van der Waals surface area contributed by atoms with Crippen LogP contribution in [0.4, 0.5) is 5.82 Å². The molecule has 0 aliphatic carbocycles. The highest BCUT2D eigenvalue weighted by molar-refractivity contribution is 5.40. The molecule has 1 aromatic rings. The first kappa shape index (κ1) is 13.3. The van der Waals surface area contributed by atoms with Gasteiger partial charge in [0, 0.05) is 39.0 Å². The summed E-state index contributed by atoms with van der Waals surface area (Å²) in [6.45, 7) is 4.83. The van der Waals surface area contributed by atoms with Gasteiger partial charge in [-0.15, -0.1) is 0 Å². The van der Waals surface area contributed by atoms with Gasteiger partial charge in [-0.05, 0) is 43.4 Å². The predicted molar refractivity (Wildman–Crippen MR) is 73.7 cm³/mol. The number of hydrogen-bond acceptors (Lipinski definition) is 4. The molecule has 2 rings (SSSR count). The van der Waals surface area contributed by atoms with E-state index in [0.29, 0.717) is 5.92 Å². The Morgan fingerprint density at radius 3 is 2.89 bits per heavy atom. The minimum absolute atomic E-state index is 0.0585. The number of aromatic nitrogens is 1. The fourth-order valence-corrected chi connectivity index (χ4v) is 2.34. The van der Waals surface area contributed by atoms with Crippen molar-refractivity contribution < 1.29 is 4.74 Å². The fraction of sp³-hybridized carbons (Fsp3) is 0.643. The van der Waals surface area contributed by atoms with Crippen LogP contribution in [0, 0.1) is 5.92 Å². The molecule has 4 nitrogen and oxygen atoms in total. The third-order valence-electron chi connectivity index (χ3n) is 3.56. The van der Waals surface area contributed by atoms with Gasteiger partial charge >= 0.3 is 0 Å². The zero-order valence-corrected chi connectivity index (χ0v) is 11.3. The summed E-state index contributed by atoms with van der Waals surface area (Å²) >= 11 is 0. The summed E-state index contributed by atoms with van der Waals surface area (Å²) in [7, 11) is 2.10. The summed E-state index contributed by atoms with van der Waals surface area (Å²) < 4.78 is 5.39. The van der Waals surface area contributed by atoms with Crippen molar-refractivity contribution in [3.63, 3.8) is 0 Å². The van der Waals surface area contributed by atoms with Crippen LogP contribution in [0.25, 0.3) is 0 Å². The van der Waals surface area contributed by atoms with Gasteiger partial charge in [-0.25, -0.2) is 4.98 Å². The van der Waals surface area contributed by atoms with Gasteiger partial charge in [0.25, 0.3) is 0 Å². The normalized spacial score (nSPS) is 18.6. The predicted octanol–water partition coefficient (Wildman–Crippen LogP) is 1.96. The summed E-state index contributed by atoms with van der Waals surface area (Å²) in [5.41, 5.74) is 7.04. The Labute approximate surface area is 109 Å². The third kappa shape index (κ3) is 3.43. The number of nitrogens with zero attached hydrogens (tertiary/aromatic N) is 2. The van der Waals surface area contributed by atoms with E-state index in [2.05, 4.69) is 23.0 Å². The molecule has 0 amide bonds. The Bertz CT molecular complexity index is 375.